The molecule has 0 saturated carbocycles. The van der Waals surface area contributed by atoms with Gasteiger partial charge in [0.1, 0.15) is 16.5 Å². The fourth-order valence-corrected chi connectivity index (χ4v) is 2.31. The van der Waals surface area contributed by atoms with Crippen molar-refractivity contribution in [2.24, 2.45) is 0 Å². The highest BCUT2D eigenvalue weighted by atomic mass is 35.5. The topological polar surface area (TPSA) is 58.2 Å². The Kier molecular flexibility index (Phi) is 7.30. The maximum absolute atomic E-state index is 13.2. The number of sulfonamides is 1. The molecule has 0 aliphatic rings. The average Bonchev–Trinajstić information content (AvgIpc) is 2.24. The number of hydrogen-bond donors (Lipinski definition) is 2. The Morgan fingerprint density at radius 1 is 1.22 bits per heavy atom. The molecule has 0 amide bonds. The summed E-state index contributed by atoms with van der Waals surface area (Å²) in [6, 6.07) is 2.35. The van der Waals surface area contributed by atoms with E-state index in [1.165, 1.54) is 0 Å². The molecule has 0 heterocycles. The number of nitrogens with one attached hydrogen (secondary N) is 2. The van der Waals surface area contributed by atoms with Crippen LogP contribution in [-0.2, 0) is 10.0 Å². The van der Waals surface area contributed by atoms with E-state index in [1.807, 2.05) is 6.92 Å². The van der Waals surface area contributed by atoms with Gasteiger partial charge < -0.3 is 5.32 Å². The fraction of sp³-hybridized carbons (Fsp3) is 0.400. The SMILES string of the molecule is CCNCCNS(=O)(=O)c1ccc(F)cc1F.Cl. The van der Waals surface area contributed by atoms with Crippen LogP contribution < -0.4 is 10.0 Å². The highest BCUT2D eigenvalue weighted by Crippen LogP contribution is 2.14. The van der Waals surface area contributed by atoms with E-state index in [0.29, 0.717) is 19.2 Å². The molecule has 0 saturated heterocycles. The molecule has 0 bridgehead atoms. The van der Waals surface area contributed by atoms with Crippen LogP contribution in [0.3, 0.4) is 0 Å². The molecule has 0 aliphatic carbocycles. The lowest BCUT2D eigenvalue weighted by molar-refractivity contribution is 0.542. The second kappa shape index (κ2) is 7.63. The molecule has 2 N–H and O–H groups in total. The van der Waals surface area contributed by atoms with Gasteiger partial charge in [0, 0.05) is 19.2 Å². The fourth-order valence-electron chi connectivity index (χ4n) is 1.22. The van der Waals surface area contributed by atoms with Crippen molar-refractivity contribution in [1.82, 2.24) is 10.0 Å². The molecule has 4 nitrogen and oxygen atoms in total. The number of benzene rings is 1. The first-order valence-corrected chi connectivity index (χ1v) is 6.61. The van der Waals surface area contributed by atoms with E-state index in [2.05, 4.69) is 10.0 Å². The van der Waals surface area contributed by atoms with E-state index in [0.717, 1.165) is 12.1 Å². The molecule has 8 heteroatoms. The number of hydrogen-bond acceptors (Lipinski definition) is 3. The van der Waals surface area contributed by atoms with Gasteiger partial charge in [-0.2, -0.15) is 0 Å². The lowest BCUT2D eigenvalue weighted by Crippen LogP contribution is -2.32. The maximum Gasteiger partial charge on any atom is 0.243 e. The molecule has 0 spiro atoms. The van der Waals surface area contributed by atoms with Crippen molar-refractivity contribution in [3.05, 3.63) is 29.8 Å². The van der Waals surface area contributed by atoms with Gasteiger partial charge in [-0.05, 0) is 18.7 Å². The van der Waals surface area contributed by atoms with E-state index in [-0.39, 0.29) is 19.0 Å². The number of halogens is 3. The second-order valence-electron chi connectivity index (χ2n) is 3.33. The van der Waals surface area contributed by atoms with Crippen LogP contribution in [0.25, 0.3) is 0 Å². The molecule has 0 fully saturated rings. The zero-order valence-electron chi connectivity index (χ0n) is 9.74. The summed E-state index contributed by atoms with van der Waals surface area (Å²) in [7, 11) is -3.92. The van der Waals surface area contributed by atoms with Crippen molar-refractivity contribution in [1.29, 1.82) is 0 Å². The molecule has 1 aromatic rings. The largest absolute Gasteiger partial charge is 0.316 e. The van der Waals surface area contributed by atoms with Crippen LogP contribution in [0.1, 0.15) is 6.92 Å². The monoisotopic (exact) mass is 300 g/mol. The molecule has 0 radical (unpaired) electrons. The number of rotatable bonds is 6. The van der Waals surface area contributed by atoms with Crippen LogP contribution >= 0.6 is 12.4 Å². The smallest absolute Gasteiger partial charge is 0.243 e. The highest BCUT2D eigenvalue weighted by Gasteiger charge is 2.18. The predicted octanol–water partition coefficient (Wildman–Crippen LogP) is 1.27. The highest BCUT2D eigenvalue weighted by molar-refractivity contribution is 7.89. The van der Waals surface area contributed by atoms with Crippen molar-refractivity contribution >= 4 is 22.4 Å². The minimum Gasteiger partial charge on any atom is -0.316 e. The van der Waals surface area contributed by atoms with Gasteiger partial charge in [0.05, 0.1) is 0 Å². The zero-order chi connectivity index (χ0) is 12.9. The Balaban J connectivity index is 0.00000289. The third-order valence-corrected chi connectivity index (χ3v) is 3.52. The summed E-state index contributed by atoms with van der Waals surface area (Å²) in [5, 5.41) is 2.92. The summed E-state index contributed by atoms with van der Waals surface area (Å²) in [5.74, 6) is -1.91. The summed E-state index contributed by atoms with van der Waals surface area (Å²) in [6.07, 6.45) is 0. The summed E-state index contributed by atoms with van der Waals surface area (Å²) in [4.78, 5) is -0.546. The molecular weight excluding hydrogens is 286 g/mol. The van der Waals surface area contributed by atoms with Gasteiger partial charge >= 0.3 is 0 Å². The number of likely N-dealkylation sites (N-methyl/N-ethyl adjacent to an activating group) is 1. The molecule has 1 aromatic carbocycles. The molecule has 0 unspecified atom stereocenters. The van der Waals surface area contributed by atoms with Crippen LogP contribution in [0, 0.1) is 11.6 Å². The minimum absolute atomic E-state index is 0. The standard InChI is InChI=1S/C10H14F2N2O2S.ClH/c1-2-13-5-6-14-17(15,16)10-4-3-8(11)7-9(10)12;/h3-4,7,13-14H,2,5-6H2,1H3;1H. The first-order chi connectivity index (χ1) is 7.97. The Bertz CT molecular complexity index is 483. The van der Waals surface area contributed by atoms with E-state index in [1.54, 1.807) is 0 Å². The normalized spacial score (nSPS) is 11.1. The molecule has 18 heavy (non-hydrogen) atoms. The van der Waals surface area contributed by atoms with Gasteiger partial charge in [-0.15, -0.1) is 12.4 Å². The van der Waals surface area contributed by atoms with Gasteiger partial charge in [-0.1, -0.05) is 6.92 Å². The van der Waals surface area contributed by atoms with Gasteiger partial charge in [0.15, 0.2) is 0 Å². The average molecular weight is 301 g/mol. The van der Waals surface area contributed by atoms with Crippen LogP contribution in [0.5, 0.6) is 0 Å². The van der Waals surface area contributed by atoms with E-state index < -0.39 is 26.6 Å². The summed E-state index contributed by atoms with van der Waals surface area (Å²) < 4.78 is 51.3. The summed E-state index contributed by atoms with van der Waals surface area (Å²) in [6.45, 7) is 3.19. The molecule has 0 atom stereocenters. The van der Waals surface area contributed by atoms with Gasteiger partial charge in [-0.3, -0.25) is 0 Å². The first-order valence-electron chi connectivity index (χ1n) is 5.13. The summed E-state index contributed by atoms with van der Waals surface area (Å²) in [5.41, 5.74) is 0. The Morgan fingerprint density at radius 3 is 2.44 bits per heavy atom. The predicted molar refractivity (Wildman–Crippen MR) is 67.3 cm³/mol. The lowest BCUT2D eigenvalue weighted by atomic mass is 10.3. The van der Waals surface area contributed by atoms with Crippen LogP contribution in [0.4, 0.5) is 8.78 Å². The maximum atomic E-state index is 13.2. The van der Waals surface area contributed by atoms with Gasteiger partial charge in [-0.25, -0.2) is 21.9 Å². The van der Waals surface area contributed by atoms with Gasteiger partial charge in [0.25, 0.3) is 0 Å². The first kappa shape index (κ1) is 17.2. The van der Waals surface area contributed by atoms with Crippen molar-refractivity contribution < 1.29 is 17.2 Å². The lowest BCUT2D eigenvalue weighted by Gasteiger charge is -2.07. The van der Waals surface area contributed by atoms with Crippen molar-refractivity contribution in [3.8, 4) is 0 Å². The molecule has 0 aliphatic heterocycles. The zero-order valence-corrected chi connectivity index (χ0v) is 11.4. The quantitative estimate of drug-likeness (QED) is 0.778. The molecule has 1 rings (SSSR count). The van der Waals surface area contributed by atoms with E-state index in [4.69, 9.17) is 0 Å². The van der Waals surface area contributed by atoms with E-state index in [9.17, 15) is 17.2 Å². The Morgan fingerprint density at radius 2 is 1.89 bits per heavy atom. The van der Waals surface area contributed by atoms with Crippen LogP contribution in [-0.4, -0.2) is 28.1 Å². The minimum atomic E-state index is -3.92. The molecule has 104 valence electrons. The van der Waals surface area contributed by atoms with Gasteiger partial charge in [0.2, 0.25) is 10.0 Å². The van der Waals surface area contributed by atoms with Crippen LogP contribution in [0.2, 0.25) is 0 Å². The second-order valence-corrected chi connectivity index (χ2v) is 5.06. The third-order valence-electron chi connectivity index (χ3n) is 2.03. The van der Waals surface area contributed by atoms with Crippen molar-refractivity contribution in [2.45, 2.75) is 11.8 Å². The third kappa shape index (κ3) is 4.85. The Hall–Kier alpha value is -0.760. The van der Waals surface area contributed by atoms with Crippen molar-refractivity contribution in [2.75, 3.05) is 19.6 Å². The molecular formula is C10H15ClF2N2O2S. The molecule has 0 aromatic heterocycles. The summed E-state index contributed by atoms with van der Waals surface area (Å²) >= 11 is 0. The van der Waals surface area contributed by atoms with E-state index >= 15 is 0 Å². The Labute approximate surface area is 111 Å². The van der Waals surface area contributed by atoms with Crippen molar-refractivity contribution in [3.63, 3.8) is 0 Å². The van der Waals surface area contributed by atoms with Crippen LogP contribution in [0.15, 0.2) is 23.1 Å².